The van der Waals surface area contributed by atoms with Crippen molar-refractivity contribution >= 4 is 32.4 Å². The topological polar surface area (TPSA) is 92.7 Å². The van der Waals surface area contributed by atoms with Crippen LogP contribution in [0.4, 0.5) is 5.13 Å². The number of benzene rings is 1. The van der Waals surface area contributed by atoms with Gasteiger partial charge in [0.2, 0.25) is 5.13 Å². The monoisotopic (exact) mass is 464 g/mol. The van der Waals surface area contributed by atoms with Gasteiger partial charge in [0.15, 0.2) is 15.9 Å². The van der Waals surface area contributed by atoms with E-state index in [1.165, 1.54) is 29.9 Å². The van der Waals surface area contributed by atoms with E-state index in [9.17, 15) is 13.2 Å². The molecular formula is C21H28N4O4S2. The van der Waals surface area contributed by atoms with E-state index in [0.29, 0.717) is 24.6 Å². The molecule has 1 unspecified atom stereocenters. The number of carbonyl (C=O) groups excluding carboxylic acids is 1. The molecule has 1 aromatic heterocycles. The van der Waals surface area contributed by atoms with E-state index in [0.717, 1.165) is 36.9 Å². The number of carbonyl (C=O) groups is 1. The summed E-state index contributed by atoms with van der Waals surface area (Å²) in [6, 6.07) is 6.45. The average Bonchev–Trinajstić information content (AvgIpc) is 3.36. The summed E-state index contributed by atoms with van der Waals surface area (Å²) in [6.45, 7) is 6.59. The van der Waals surface area contributed by atoms with Crippen molar-refractivity contribution in [1.82, 2.24) is 14.3 Å². The zero-order valence-electron chi connectivity index (χ0n) is 18.0. The largest absolute Gasteiger partial charge is 0.481 e. The first-order chi connectivity index (χ1) is 14.7. The van der Waals surface area contributed by atoms with Gasteiger partial charge in [0.05, 0.1) is 4.90 Å². The Bertz CT molecular complexity index is 1030. The van der Waals surface area contributed by atoms with Gasteiger partial charge >= 0.3 is 0 Å². The van der Waals surface area contributed by atoms with Crippen LogP contribution in [0.2, 0.25) is 0 Å². The number of sulfone groups is 1. The molecule has 2 fully saturated rings. The number of likely N-dealkylation sites (tertiary alicyclic amines) is 1. The second-order valence-corrected chi connectivity index (χ2v) is 11.2. The summed E-state index contributed by atoms with van der Waals surface area (Å²) in [6.07, 6.45) is 3.09. The van der Waals surface area contributed by atoms with E-state index in [-0.39, 0.29) is 16.8 Å². The van der Waals surface area contributed by atoms with Crippen LogP contribution in [0, 0.1) is 0 Å². The maximum atomic E-state index is 12.9. The predicted octanol–water partition coefficient (Wildman–Crippen LogP) is 2.71. The van der Waals surface area contributed by atoms with Crippen LogP contribution in [0.25, 0.3) is 0 Å². The Hall–Kier alpha value is -2.20. The molecule has 31 heavy (non-hydrogen) atoms. The van der Waals surface area contributed by atoms with Gasteiger partial charge in [-0.2, -0.15) is 4.37 Å². The van der Waals surface area contributed by atoms with E-state index in [1.54, 1.807) is 12.1 Å². The fourth-order valence-corrected chi connectivity index (χ4v) is 5.52. The van der Waals surface area contributed by atoms with Crippen molar-refractivity contribution in [1.29, 1.82) is 0 Å². The number of piperidine rings is 1. The predicted molar refractivity (Wildman–Crippen MR) is 120 cm³/mol. The molecule has 0 spiro atoms. The summed E-state index contributed by atoms with van der Waals surface area (Å²) in [4.78, 5) is 22.0. The summed E-state index contributed by atoms with van der Waals surface area (Å²) < 4.78 is 33.5. The lowest BCUT2D eigenvalue weighted by molar-refractivity contribution is -0.135. The molecular weight excluding hydrogens is 436 g/mol. The molecule has 2 aliphatic heterocycles. The van der Waals surface area contributed by atoms with Gasteiger partial charge in [0.1, 0.15) is 11.6 Å². The molecule has 0 N–H and O–H groups in total. The summed E-state index contributed by atoms with van der Waals surface area (Å²) in [5, 5.41) is 0.966. The Kier molecular flexibility index (Phi) is 6.20. The molecule has 2 saturated heterocycles. The minimum Gasteiger partial charge on any atom is -0.481 e. The number of aromatic nitrogens is 2. The maximum Gasteiger partial charge on any atom is 0.263 e. The normalized spacial score (nSPS) is 20.6. The highest BCUT2D eigenvalue weighted by atomic mass is 32.2. The minimum absolute atomic E-state index is 0.0173. The number of hydrogen-bond donors (Lipinski definition) is 0. The minimum atomic E-state index is -3.25. The smallest absolute Gasteiger partial charge is 0.263 e. The van der Waals surface area contributed by atoms with Crippen molar-refractivity contribution in [3.8, 4) is 5.75 Å². The fourth-order valence-electron chi connectivity index (χ4n) is 4.03. The van der Waals surface area contributed by atoms with Crippen molar-refractivity contribution in [2.75, 3.05) is 30.8 Å². The Morgan fingerprint density at radius 3 is 2.35 bits per heavy atom. The van der Waals surface area contributed by atoms with E-state index in [2.05, 4.69) is 28.1 Å². The van der Waals surface area contributed by atoms with Crippen molar-refractivity contribution < 1.29 is 17.9 Å². The zero-order valence-corrected chi connectivity index (χ0v) is 19.7. The molecule has 2 aromatic rings. The molecule has 2 aliphatic rings. The van der Waals surface area contributed by atoms with Gasteiger partial charge in [0.25, 0.3) is 5.91 Å². The molecule has 4 rings (SSSR count). The van der Waals surface area contributed by atoms with Crippen LogP contribution >= 0.6 is 11.5 Å². The van der Waals surface area contributed by atoms with Gasteiger partial charge in [-0.25, -0.2) is 13.4 Å². The molecule has 3 heterocycles. The van der Waals surface area contributed by atoms with Gasteiger partial charge in [0, 0.05) is 55.8 Å². The third kappa shape index (κ3) is 4.85. The fraction of sp³-hybridized carbons (Fsp3) is 0.571. The molecule has 8 nitrogen and oxygen atoms in total. The van der Waals surface area contributed by atoms with Crippen LogP contribution in [-0.2, 0) is 14.6 Å². The summed E-state index contributed by atoms with van der Waals surface area (Å²) in [5.41, 5.74) is 0. The lowest BCUT2D eigenvalue weighted by atomic mass is 10.0. The zero-order chi connectivity index (χ0) is 22.2. The van der Waals surface area contributed by atoms with Crippen LogP contribution in [0.15, 0.2) is 29.2 Å². The van der Waals surface area contributed by atoms with Crippen molar-refractivity contribution in [3.05, 3.63) is 30.1 Å². The number of nitrogens with zero attached hydrogens (tertiary/aromatic N) is 4. The number of amides is 1. The molecule has 0 aliphatic carbocycles. The van der Waals surface area contributed by atoms with Gasteiger partial charge < -0.3 is 14.5 Å². The van der Waals surface area contributed by atoms with Crippen molar-refractivity contribution in [2.24, 2.45) is 0 Å². The van der Waals surface area contributed by atoms with Crippen molar-refractivity contribution in [2.45, 2.75) is 56.1 Å². The molecule has 1 aromatic carbocycles. The number of hydrogen-bond acceptors (Lipinski definition) is 8. The quantitative estimate of drug-likeness (QED) is 0.649. The van der Waals surface area contributed by atoms with E-state index >= 15 is 0 Å². The highest BCUT2D eigenvalue weighted by Crippen LogP contribution is 2.29. The molecule has 10 heteroatoms. The third-order valence-electron chi connectivity index (χ3n) is 5.84. The molecule has 1 atom stereocenters. The van der Waals surface area contributed by atoms with E-state index in [1.807, 2.05) is 4.90 Å². The molecule has 168 valence electrons. The lowest BCUT2D eigenvalue weighted by Crippen LogP contribution is -2.47. The van der Waals surface area contributed by atoms with Crippen LogP contribution in [0.5, 0.6) is 5.75 Å². The first-order valence-corrected chi connectivity index (χ1v) is 13.2. The number of rotatable bonds is 6. The van der Waals surface area contributed by atoms with Gasteiger partial charge in [-0.15, -0.1) is 0 Å². The Balaban J connectivity index is 1.32. The molecule has 1 amide bonds. The van der Waals surface area contributed by atoms with Gasteiger partial charge in [-0.1, -0.05) is 13.8 Å². The first kappa shape index (κ1) is 22.0. The number of anilines is 1. The first-order valence-electron chi connectivity index (χ1n) is 10.6. The Morgan fingerprint density at radius 2 is 1.77 bits per heavy atom. The highest BCUT2D eigenvalue weighted by Gasteiger charge is 2.38. The third-order valence-corrected chi connectivity index (χ3v) is 7.76. The molecule has 0 saturated carbocycles. The van der Waals surface area contributed by atoms with Gasteiger partial charge in [-0.3, -0.25) is 4.79 Å². The highest BCUT2D eigenvalue weighted by molar-refractivity contribution is 7.90. The Morgan fingerprint density at radius 1 is 1.10 bits per heavy atom. The summed E-state index contributed by atoms with van der Waals surface area (Å²) in [7, 11) is -3.25. The van der Waals surface area contributed by atoms with E-state index in [4.69, 9.17) is 4.74 Å². The summed E-state index contributed by atoms with van der Waals surface area (Å²) in [5.74, 6) is 1.74. The second-order valence-electron chi connectivity index (χ2n) is 8.48. The Labute approximate surface area is 187 Å². The molecule has 0 bridgehead atoms. The average molecular weight is 465 g/mol. The van der Waals surface area contributed by atoms with Crippen LogP contribution in [-0.4, -0.2) is 66.6 Å². The lowest BCUT2D eigenvalue weighted by Gasteiger charge is -2.36. The van der Waals surface area contributed by atoms with Crippen molar-refractivity contribution in [3.63, 3.8) is 0 Å². The molecule has 0 radical (unpaired) electrons. The van der Waals surface area contributed by atoms with Gasteiger partial charge in [-0.05, 0) is 37.1 Å². The maximum absolute atomic E-state index is 12.9. The SMILES string of the molecule is CC(C)c1nsc(N2CCC(N3CCC(Oc4ccc(S(C)(=O)=O)cc4)C3=O)CC2)n1. The van der Waals surface area contributed by atoms with E-state index < -0.39 is 15.9 Å². The van der Waals surface area contributed by atoms with Crippen LogP contribution in [0.1, 0.15) is 44.9 Å². The number of ether oxygens (including phenoxy) is 1. The second kappa shape index (κ2) is 8.74. The standard InChI is InChI=1S/C21H28N4O4S2/c1-14(2)19-22-21(30-23-19)24-11-8-15(9-12-24)25-13-10-18(20(25)26)29-16-4-6-17(7-5-16)31(3,27)28/h4-7,14-15,18H,8-13H2,1-3H3. The summed E-state index contributed by atoms with van der Waals surface area (Å²) >= 11 is 1.45. The van der Waals surface area contributed by atoms with Crippen LogP contribution in [0.3, 0.4) is 0 Å². The van der Waals surface area contributed by atoms with Crippen LogP contribution < -0.4 is 9.64 Å².